The van der Waals surface area contributed by atoms with E-state index in [9.17, 15) is 0 Å². The van der Waals surface area contributed by atoms with Gasteiger partial charge in [-0.3, -0.25) is 5.87 Å². The van der Waals surface area contributed by atoms with Gasteiger partial charge in [0.25, 0.3) is 0 Å². The Labute approximate surface area is 25.5 Å². The third-order valence-corrected chi connectivity index (χ3v) is 0.0913. The summed E-state index contributed by atoms with van der Waals surface area (Å²) in [6.07, 6.45) is 1.18. The summed E-state index contributed by atoms with van der Waals surface area (Å²) in [4.78, 5) is 0. The summed E-state index contributed by atoms with van der Waals surface area (Å²) in [5, 5.41) is 7.51. The van der Waals surface area contributed by atoms with Crippen molar-refractivity contribution < 1.29 is 0 Å². The normalized spacial score (nSPS) is 4.25. The van der Waals surface area contributed by atoms with E-state index in [1.807, 2.05) is 0 Å². The summed E-state index contributed by atoms with van der Waals surface area (Å²) in [5.74, 6) is 1.69. The number of rotatable bonds is 0. The summed E-state index contributed by atoms with van der Waals surface area (Å²) in [7, 11) is 0. The van der Waals surface area contributed by atoms with E-state index in [4.69, 9.17) is 5.41 Å². The van der Waals surface area contributed by atoms with Gasteiger partial charge >= 0.3 is 0 Å². The second-order valence-electron chi connectivity index (χ2n) is 0.333. The molecule has 0 aromatic heterocycles. The largest absolute Gasteiger partial charge is 0.764 e. The number of nitrogens with zero attached hydrogens (tertiary/aromatic N) is 1. The molecule has 0 aliphatic rings. The van der Waals surface area contributed by atoms with E-state index in [0.717, 1.165) is 0 Å². The van der Waals surface area contributed by atoms with Crippen molar-refractivity contribution in [1.82, 2.24) is 0 Å². The Kier molecular flexibility index (Phi) is 2.11. The van der Waals surface area contributed by atoms with E-state index in [-0.39, 0.29) is 0 Å². The molecule has 0 heterocycles. The number of hydrogen-bond donors (Lipinski definition) is 0. The van der Waals surface area contributed by atoms with E-state index in [2.05, 4.69) is 6.92 Å². The van der Waals surface area contributed by atoms with Gasteiger partial charge in [0.2, 0.25) is 0 Å². The molecule has 0 unspecified atom stereocenters. The summed E-state index contributed by atoms with van der Waals surface area (Å²) in [6, 6.07) is 0. The van der Waals surface area contributed by atoms with Crippen molar-refractivity contribution in [1.29, 1.82) is 0 Å². The van der Waals surface area contributed by atoms with E-state index in [1.165, 1.54) is 6.08 Å². The van der Waals surface area contributed by atoms with Crippen LogP contribution in [0.3, 0.4) is 0 Å². The third-order valence-electron chi connectivity index (χ3n) is 0.0913. The zero-order valence-corrected chi connectivity index (χ0v) is 2.23. The van der Waals surface area contributed by atoms with Gasteiger partial charge in [-0.15, -0.1) is 0 Å². The third kappa shape index (κ3) is 1.45. The second kappa shape index (κ2) is 2.45. The standard InChI is InChI=1S/C3H3N/c1-2-3-4/h2H,1H2/q-1. The van der Waals surface area contributed by atoms with Crippen LogP contribution in [0.15, 0.2) is 6.08 Å². The molecule has 0 aliphatic carbocycles. The van der Waals surface area contributed by atoms with Crippen LogP contribution < -0.4 is 0 Å². The van der Waals surface area contributed by atoms with Gasteiger partial charge in [0.1, 0.15) is 0 Å². The molecule has 0 saturated heterocycles. The molecule has 4 heavy (non-hydrogen) atoms. The minimum Gasteiger partial charge on any atom is -0.764 e. The molecule has 0 aliphatic heterocycles. The molecule has 0 bridgehead atoms. The average molecular weight is 53.1 g/mol. The zero-order chi connectivity index (χ0) is 3.41. The molecule has 1 nitrogen and oxygen atoms in total. The molecule has 0 amide bonds. The topological polar surface area (TPSA) is 22.3 Å². The monoisotopic (exact) mass is 53.0 g/mol. The van der Waals surface area contributed by atoms with Gasteiger partial charge in [-0.25, -0.2) is 0 Å². The van der Waals surface area contributed by atoms with Crippen molar-refractivity contribution in [3.8, 4) is 0 Å². The van der Waals surface area contributed by atoms with Crippen LogP contribution in [0, 0.1) is 6.92 Å². The minimum atomic E-state index is 1.18. The van der Waals surface area contributed by atoms with Crippen LogP contribution in [-0.4, -0.2) is 5.87 Å². The van der Waals surface area contributed by atoms with Crippen LogP contribution in [-0.2, 0) is 0 Å². The van der Waals surface area contributed by atoms with Crippen molar-refractivity contribution in [3.05, 3.63) is 18.4 Å². The molecule has 0 aromatic rings. The Morgan fingerprint density at radius 2 is 2.25 bits per heavy atom. The van der Waals surface area contributed by atoms with E-state index < -0.39 is 0 Å². The molecule has 0 N–H and O–H groups in total. The molecule has 0 saturated carbocycles. The van der Waals surface area contributed by atoms with Crippen LogP contribution in [0.1, 0.15) is 0 Å². The van der Waals surface area contributed by atoms with Crippen LogP contribution in [0.25, 0.3) is 5.41 Å². The minimum absolute atomic E-state index is 1.18. The highest BCUT2D eigenvalue weighted by atomic mass is 14.3. The van der Waals surface area contributed by atoms with Crippen molar-refractivity contribution >= 4 is 5.87 Å². The fourth-order valence-corrected chi connectivity index (χ4v) is 0. The van der Waals surface area contributed by atoms with Crippen molar-refractivity contribution in [2.24, 2.45) is 0 Å². The first-order valence-corrected chi connectivity index (χ1v) is 0.921. The van der Waals surface area contributed by atoms with E-state index in [1.54, 1.807) is 5.87 Å². The summed E-state index contributed by atoms with van der Waals surface area (Å²) < 4.78 is 0. The van der Waals surface area contributed by atoms with Crippen molar-refractivity contribution in [3.63, 3.8) is 0 Å². The Morgan fingerprint density at radius 1 is 2.00 bits per heavy atom. The smallest absolute Gasteiger partial charge is 0.0252 e. The molecule has 0 spiro atoms. The van der Waals surface area contributed by atoms with Gasteiger partial charge in [-0.2, -0.15) is 0 Å². The summed E-state index contributed by atoms with van der Waals surface area (Å²) in [5.41, 5.74) is 0. The fourth-order valence-electron chi connectivity index (χ4n) is 0. The molecule has 21 valence electrons. The van der Waals surface area contributed by atoms with Gasteiger partial charge in [0.05, 0.1) is 0 Å². The highest BCUT2D eigenvalue weighted by Gasteiger charge is 1.18. The molecule has 1 heteroatoms. The van der Waals surface area contributed by atoms with Crippen LogP contribution in [0.4, 0.5) is 0 Å². The molecular weight excluding hydrogens is 50.0 g/mol. The van der Waals surface area contributed by atoms with Gasteiger partial charge in [-0.05, 0) is 6.92 Å². The molecular formula is C3H3N-. The summed E-state index contributed by atoms with van der Waals surface area (Å²) in [6.45, 7) is 3.12. The lowest BCUT2D eigenvalue weighted by Gasteiger charge is -1.54. The van der Waals surface area contributed by atoms with Crippen LogP contribution >= 0.6 is 0 Å². The lowest BCUT2D eigenvalue weighted by atomic mass is 10.8. The maximum Gasteiger partial charge on any atom is -0.0252 e. The van der Waals surface area contributed by atoms with Gasteiger partial charge in [0, 0.05) is 0 Å². The SMILES string of the molecule is [CH2]C=C=[N-]. The van der Waals surface area contributed by atoms with E-state index >= 15 is 0 Å². The molecule has 0 atom stereocenters. The Bertz CT molecular complexity index is 41.2. The predicted octanol–water partition coefficient (Wildman–Crippen LogP) is 0.616. The molecule has 1 radical (unpaired) electrons. The Hall–Kier alpha value is -0.550. The Balaban J connectivity index is 3.11. The van der Waals surface area contributed by atoms with Crippen LogP contribution in [0.5, 0.6) is 0 Å². The highest BCUT2D eigenvalue weighted by molar-refractivity contribution is 5.55. The first-order chi connectivity index (χ1) is 1.91. The quantitative estimate of drug-likeness (QED) is 0.361. The fraction of sp³-hybridized carbons (Fsp3) is 0. The predicted molar refractivity (Wildman–Crippen MR) is 18.3 cm³/mol. The maximum absolute atomic E-state index is 7.51. The van der Waals surface area contributed by atoms with Gasteiger partial charge < -0.3 is 5.41 Å². The molecule has 0 aromatic carbocycles. The zero-order valence-electron chi connectivity index (χ0n) is 2.23. The lowest BCUT2D eigenvalue weighted by Crippen LogP contribution is -1.29. The number of hydrogen-bond acceptors (Lipinski definition) is 0. The molecule has 0 rings (SSSR count). The lowest BCUT2D eigenvalue weighted by molar-refractivity contribution is 2.27. The highest BCUT2D eigenvalue weighted by Crippen LogP contribution is 1.36. The van der Waals surface area contributed by atoms with Crippen LogP contribution in [0.2, 0.25) is 0 Å². The molecule has 0 fully saturated rings. The first kappa shape index (κ1) is 3.45. The summed E-state index contributed by atoms with van der Waals surface area (Å²) >= 11 is 0. The maximum atomic E-state index is 7.51. The average Bonchev–Trinajstić information content (AvgIpc) is 1.37. The van der Waals surface area contributed by atoms with Gasteiger partial charge in [0.15, 0.2) is 0 Å². The first-order valence-electron chi connectivity index (χ1n) is 0.921. The van der Waals surface area contributed by atoms with E-state index in [0.29, 0.717) is 0 Å². The second-order valence-corrected chi connectivity index (χ2v) is 0.333. The Morgan fingerprint density at radius 3 is 2.25 bits per heavy atom. The number of allylic oxidation sites excluding steroid dienone is 1. The van der Waals surface area contributed by atoms with Crippen molar-refractivity contribution in [2.75, 3.05) is 0 Å². The van der Waals surface area contributed by atoms with Crippen molar-refractivity contribution in [2.45, 2.75) is 0 Å². The van der Waals surface area contributed by atoms with Gasteiger partial charge in [-0.1, -0.05) is 6.08 Å².